The third-order valence-corrected chi connectivity index (χ3v) is 4.40. The summed E-state index contributed by atoms with van der Waals surface area (Å²) in [4.78, 5) is 35.0. The van der Waals surface area contributed by atoms with E-state index in [1.807, 2.05) is 13.1 Å². The predicted molar refractivity (Wildman–Crippen MR) is 86.2 cm³/mol. The molecule has 0 radical (unpaired) electrons. The van der Waals surface area contributed by atoms with Gasteiger partial charge in [0.1, 0.15) is 5.82 Å². The van der Waals surface area contributed by atoms with Gasteiger partial charge in [0.05, 0.1) is 5.69 Å². The lowest BCUT2D eigenvalue weighted by Gasteiger charge is -2.28. The molecule has 7 nitrogen and oxygen atoms in total. The Labute approximate surface area is 134 Å². The first-order valence-corrected chi connectivity index (χ1v) is 7.81. The first kappa shape index (κ1) is 15.6. The van der Waals surface area contributed by atoms with Crippen molar-refractivity contribution in [3.63, 3.8) is 0 Å². The highest BCUT2D eigenvalue weighted by Crippen LogP contribution is 2.18. The first-order chi connectivity index (χ1) is 11.0. The molecule has 7 heteroatoms. The van der Waals surface area contributed by atoms with Crippen LogP contribution in [0.15, 0.2) is 21.9 Å². The van der Waals surface area contributed by atoms with Crippen molar-refractivity contribution in [2.75, 3.05) is 6.54 Å². The fraction of sp³-hybridized carbons (Fsp3) is 0.500. The molecule has 0 saturated heterocycles. The van der Waals surface area contributed by atoms with Crippen molar-refractivity contribution < 1.29 is 0 Å². The molecule has 0 unspecified atom stereocenters. The molecular weight excluding hydrogens is 294 g/mol. The highest BCUT2D eigenvalue weighted by Gasteiger charge is 2.19. The Morgan fingerprint density at radius 3 is 2.74 bits per heavy atom. The van der Waals surface area contributed by atoms with E-state index in [1.54, 1.807) is 7.05 Å². The van der Waals surface area contributed by atoms with Crippen molar-refractivity contribution in [3.8, 4) is 0 Å². The standard InChI is InChI=1S/C16H21N5O2/c1-4-14-17-8-11-5-6-21(10-13(11)18-14)9-12-7-15(22)20(3)16(23)19(12)2/h7-8H,4-6,9-10H2,1-3H3. The van der Waals surface area contributed by atoms with Gasteiger partial charge in [0.2, 0.25) is 0 Å². The zero-order chi connectivity index (χ0) is 16.6. The van der Waals surface area contributed by atoms with Gasteiger partial charge in [-0.3, -0.25) is 18.8 Å². The van der Waals surface area contributed by atoms with Crippen LogP contribution in [-0.4, -0.2) is 30.5 Å². The van der Waals surface area contributed by atoms with Gasteiger partial charge in [0.25, 0.3) is 5.56 Å². The summed E-state index contributed by atoms with van der Waals surface area (Å²) in [6.07, 6.45) is 3.63. The van der Waals surface area contributed by atoms with Gasteiger partial charge < -0.3 is 0 Å². The summed E-state index contributed by atoms with van der Waals surface area (Å²) in [7, 11) is 3.20. The quantitative estimate of drug-likeness (QED) is 0.797. The number of rotatable bonds is 3. The summed E-state index contributed by atoms with van der Waals surface area (Å²) < 4.78 is 2.66. The van der Waals surface area contributed by atoms with Crippen LogP contribution in [0.4, 0.5) is 0 Å². The summed E-state index contributed by atoms with van der Waals surface area (Å²) in [5.41, 5.74) is 2.41. The molecule has 1 aliphatic rings. The Kier molecular flexibility index (Phi) is 4.12. The Bertz CT molecular complexity index is 853. The van der Waals surface area contributed by atoms with E-state index in [0.29, 0.717) is 13.1 Å². The second kappa shape index (κ2) is 6.08. The van der Waals surface area contributed by atoms with Crippen molar-refractivity contribution in [1.82, 2.24) is 24.0 Å². The van der Waals surface area contributed by atoms with E-state index < -0.39 is 0 Å². The lowest BCUT2D eigenvalue weighted by molar-refractivity contribution is 0.234. The van der Waals surface area contributed by atoms with Crippen molar-refractivity contribution in [2.24, 2.45) is 14.1 Å². The molecule has 2 aromatic heterocycles. The summed E-state index contributed by atoms with van der Waals surface area (Å²) >= 11 is 0. The summed E-state index contributed by atoms with van der Waals surface area (Å²) in [5, 5.41) is 0. The second-order valence-electron chi connectivity index (χ2n) is 5.95. The third kappa shape index (κ3) is 2.96. The average Bonchev–Trinajstić information content (AvgIpc) is 2.57. The van der Waals surface area contributed by atoms with Crippen molar-refractivity contribution >= 4 is 0 Å². The van der Waals surface area contributed by atoms with Crippen LogP contribution in [0.1, 0.15) is 29.7 Å². The largest absolute Gasteiger partial charge is 0.330 e. The molecule has 0 amide bonds. The lowest BCUT2D eigenvalue weighted by atomic mass is 10.1. The molecule has 2 aromatic rings. The number of aromatic nitrogens is 4. The predicted octanol–water partition coefficient (Wildman–Crippen LogP) is -0.00530. The minimum absolute atomic E-state index is 0.267. The summed E-state index contributed by atoms with van der Waals surface area (Å²) in [5.74, 6) is 0.853. The monoisotopic (exact) mass is 315 g/mol. The number of aryl methyl sites for hydroxylation is 1. The van der Waals surface area contributed by atoms with Crippen LogP contribution in [0, 0.1) is 0 Å². The van der Waals surface area contributed by atoms with E-state index in [1.165, 1.54) is 23.2 Å². The highest BCUT2D eigenvalue weighted by atomic mass is 16.2. The molecule has 3 heterocycles. The molecule has 1 aliphatic heterocycles. The molecule has 0 N–H and O–H groups in total. The van der Waals surface area contributed by atoms with Gasteiger partial charge in [0, 0.05) is 58.1 Å². The van der Waals surface area contributed by atoms with E-state index in [-0.39, 0.29) is 11.2 Å². The van der Waals surface area contributed by atoms with Crippen molar-refractivity contribution in [2.45, 2.75) is 32.9 Å². The molecular formula is C16H21N5O2. The van der Waals surface area contributed by atoms with Crippen LogP contribution in [-0.2, 0) is 40.0 Å². The lowest BCUT2D eigenvalue weighted by Crippen LogP contribution is -2.40. The Morgan fingerprint density at radius 1 is 1.22 bits per heavy atom. The Balaban J connectivity index is 1.85. The van der Waals surface area contributed by atoms with E-state index in [2.05, 4.69) is 14.9 Å². The van der Waals surface area contributed by atoms with Crippen LogP contribution >= 0.6 is 0 Å². The molecule has 3 rings (SSSR count). The van der Waals surface area contributed by atoms with Gasteiger partial charge >= 0.3 is 5.69 Å². The maximum Gasteiger partial charge on any atom is 0.330 e. The second-order valence-corrected chi connectivity index (χ2v) is 5.95. The molecule has 23 heavy (non-hydrogen) atoms. The molecule has 0 bridgehead atoms. The number of nitrogens with zero attached hydrogens (tertiary/aromatic N) is 5. The fourth-order valence-corrected chi connectivity index (χ4v) is 2.86. The van der Waals surface area contributed by atoms with Gasteiger partial charge in [-0.2, -0.15) is 0 Å². The first-order valence-electron chi connectivity index (χ1n) is 7.81. The van der Waals surface area contributed by atoms with Gasteiger partial charge in [-0.15, -0.1) is 0 Å². The van der Waals surface area contributed by atoms with Crippen LogP contribution < -0.4 is 11.2 Å². The SMILES string of the molecule is CCc1ncc2c(n1)CN(Cc1cc(=O)n(C)c(=O)n1C)CC2. The average molecular weight is 315 g/mol. The minimum Gasteiger partial charge on any atom is -0.299 e. The molecule has 0 atom stereocenters. The third-order valence-electron chi connectivity index (χ3n) is 4.40. The van der Waals surface area contributed by atoms with E-state index in [9.17, 15) is 9.59 Å². The van der Waals surface area contributed by atoms with Crippen LogP contribution in [0.5, 0.6) is 0 Å². The zero-order valence-electron chi connectivity index (χ0n) is 13.7. The van der Waals surface area contributed by atoms with Gasteiger partial charge in [-0.1, -0.05) is 6.92 Å². The van der Waals surface area contributed by atoms with E-state index in [4.69, 9.17) is 0 Å². The summed E-state index contributed by atoms with van der Waals surface area (Å²) in [6, 6.07) is 1.54. The normalized spacial score (nSPS) is 14.7. The topological polar surface area (TPSA) is 73.0 Å². The number of fused-ring (bicyclic) bond motifs is 1. The number of hydrogen-bond donors (Lipinski definition) is 0. The maximum atomic E-state index is 12.0. The number of hydrogen-bond acceptors (Lipinski definition) is 5. The van der Waals surface area contributed by atoms with E-state index >= 15 is 0 Å². The van der Waals surface area contributed by atoms with Gasteiger partial charge in [-0.05, 0) is 12.0 Å². The van der Waals surface area contributed by atoms with Crippen LogP contribution in [0.25, 0.3) is 0 Å². The van der Waals surface area contributed by atoms with Gasteiger partial charge in [-0.25, -0.2) is 14.8 Å². The maximum absolute atomic E-state index is 12.0. The minimum atomic E-state index is -0.291. The zero-order valence-corrected chi connectivity index (χ0v) is 13.7. The van der Waals surface area contributed by atoms with Gasteiger partial charge in [0.15, 0.2) is 0 Å². The highest BCUT2D eigenvalue weighted by molar-refractivity contribution is 5.21. The molecule has 0 fully saturated rings. The Hall–Kier alpha value is -2.28. The van der Waals surface area contributed by atoms with Crippen molar-refractivity contribution in [3.05, 3.63) is 55.9 Å². The molecule has 0 spiro atoms. The fourth-order valence-electron chi connectivity index (χ4n) is 2.86. The molecule has 122 valence electrons. The molecule has 0 aromatic carbocycles. The van der Waals surface area contributed by atoms with Crippen LogP contribution in [0.2, 0.25) is 0 Å². The van der Waals surface area contributed by atoms with Crippen LogP contribution in [0.3, 0.4) is 0 Å². The smallest absolute Gasteiger partial charge is 0.299 e. The molecule has 0 saturated carbocycles. The van der Waals surface area contributed by atoms with E-state index in [0.717, 1.165) is 41.2 Å². The van der Waals surface area contributed by atoms with Crippen molar-refractivity contribution in [1.29, 1.82) is 0 Å². The Morgan fingerprint density at radius 2 is 2.00 bits per heavy atom. The molecule has 0 aliphatic carbocycles. The summed E-state index contributed by atoms with van der Waals surface area (Å²) in [6.45, 7) is 4.18.